The number of rotatable bonds is 4. The summed E-state index contributed by atoms with van der Waals surface area (Å²) in [5, 5.41) is 3.11. The van der Waals surface area contributed by atoms with Gasteiger partial charge in [-0.3, -0.25) is 0 Å². The monoisotopic (exact) mass is 272 g/mol. The molecule has 1 aliphatic heterocycles. The van der Waals surface area contributed by atoms with Crippen LogP contribution in [0.4, 0.5) is 0 Å². The Morgan fingerprint density at radius 3 is 2.78 bits per heavy atom. The average Bonchev–Trinajstić information content (AvgIpc) is 2.79. The molecular formula is C12H20N2O3S. The Balaban J connectivity index is 1.92. The van der Waals surface area contributed by atoms with Crippen LogP contribution in [0.5, 0.6) is 0 Å². The van der Waals surface area contributed by atoms with Gasteiger partial charge in [-0.05, 0) is 32.7 Å². The van der Waals surface area contributed by atoms with Gasteiger partial charge in [-0.1, -0.05) is 0 Å². The summed E-state index contributed by atoms with van der Waals surface area (Å²) >= 11 is 0. The Morgan fingerprint density at radius 2 is 2.17 bits per heavy atom. The summed E-state index contributed by atoms with van der Waals surface area (Å²) in [5.74, 6) is 1.71. The number of oxazole rings is 1. The maximum absolute atomic E-state index is 11.3. The van der Waals surface area contributed by atoms with Gasteiger partial charge in [-0.15, -0.1) is 0 Å². The minimum Gasteiger partial charge on any atom is -0.449 e. The Labute approximate surface area is 108 Å². The van der Waals surface area contributed by atoms with Crippen molar-refractivity contribution in [3.63, 3.8) is 0 Å². The summed E-state index contributed by atoms with van der Waals surface area (Å²) in [6.45, 7) is 2.02. The van der Waals surface area contributed by atoms with Crippen LogP contribution >= 0.6 is 0 Å². The molecule has 1 aromatic rings. The molecule has 6 heteroatoms. The Morgan fingerprint density at radius 1 is 1.50 bits per heavy atom. The first kappa shape index (κ1) is 13.5. The predicted octanol–water partition coefficient (Wildman–Crippen LogP) is 1.32. The van der Waals surface area contributed by atoms with Crippen molar-refractivity contribution < 1.29 is 12.8 Å². The molecule has 1 atom stereocenters. The molecule has 0 bridgehead atoms. The third-order valence-electron chi connectivity index (χ3n) is 3.58. The first-order chi connectivity index (χ1) is 8.50. The second-order valence-electron chi connectivity index (χ2n) is 4.98. The standard InChI is InChI=1S/C12H20N2O3S/c1-9(13-2)11-8-17-12(14-11)7-10-3-5-18(15,16)6-4-10/h8-10,13H,3-7H2,1-2H3. The lowest BCUT2D eigenvalue weighted by Gasteiger charge is -2.20. The number of sulfone groups is 1. The summed E-state index contributed by atoms with van der Waals surface area (Å²) in [6.07, 6.45) is 3.87. The molecule has 102 valence electrons. The fourth-order valence-corrected chi connectivity index (χ4v) is 3.74. The quantitative estimate of drug-likeness (QED) is 0.895. The van der Waals surface area contributed by atoms with Crippen LogP contribution in [0.15, 0.2) is 10.7 Å². The maximum atomic E-state index is 11.3. The summed E-state index contributed by atoms with van der Waals surface area (Å²) < 4.78 is 28.1. The van der Waals surface area contributed by atoms with Crippen molar-refractivity contribution in [2.24, 2.45) is 5.92 Å². The van der Waals surface area contributed by atoms with Crippen LogP contribution in [0.25, 0.3) is 0 Å². The third kappa shape index (κ3) is 3.32. The normalized spacial score (nSPS) is 21.9. The predicted molar refractivity (Wildman–Crippen MR) is 69.1 cm³/mol. The first-order valence-corrected chi connectivity index (χ1v) is 8.14. The highest BCUT2D eigenvalue weighted by Gasteiger charge is 2.25. The highest BCUT2D eigenvalue weighted by molar-refractivity contribution is 7.91. The van der Waals surface area contributed by atoms with E-state index >= 15 is 0 Å². The lowest BCUT2D eigenvalue weighted by atomic mass is 9.99. The molecule has 0 aliphatic carbocycles. The van der Waals surface area contributed by atoms with Crippen molar-refractivity contribution in [3.8, 4) is 0 Å². The molecule has 1 fully saturated rings. The van der Waals surface area contributed by atoms with Crippen molar-refractivity contribution >= 4 is 9.84 Å². The van der Waals surface area contributed by atoms with E-state index in [9.17, 15) is 8.42 Å². The zero-order chi connectivity index (χ0) is 13.2. The number of hydrogen-bond acceptors (Lipinski definition) is 5. The van der Waals surface area contributed by atoms with Gasteiger partial charge in [0.25, 0.3) is 0 Å². The van der Waals surface area contributed by atoms with E-state index < -0.39 is 9.84 Å². The molecule has 0 saturated carbocycles. The molecule has 0 spiro atoms. The molecule has 2 heterocycles. The second-order valence-corrected chi connectivity index (χ2v) is 7.28. The van der Waals surface area contributed by atoms with Gasteiger partial charge in [0.05, 0.1) is 17.2 Å². The Hall–Kier alpha value is -0.880. The van der Waals surface area contributed by atoms with E-state index in [4.69, 9.17) is 4.42 Å². The van der Waals surface area contributed by atoms with Gasteiger partial charge < -0.3 is 9.73 Å². The zero-order valence-corrected chi connectivity index (χ0v) is 11.7. The lowest BCUT2D eigenvalue weighted by Crippen LogP contribution is -2.24. The third-order valence-corrected chi connectivity index (χ3v) is 5.30. The van der Waals surface area contributed by atoms with Gasteiger partial charge in [0.15, 0.2) is 5.89 Å². The molecule has 18 heavy (non-hydrogen) atoms. The van der Waals surface area contributed by atoms with Crippen LogP contribution in [0.1, 0.15) is 37.4 Å². The zero-order valence-electron chi connectivity index (χ0n) is 10.8. The second kappa shape index (κ2) is 5.40. The van der Waals surface area contributed by atoms with Crippen molar-refractivity contribution in [1.29, 1.82) is 0 Å². The van der Waals surface area contributed by atoms with E-state index in [-0.39, 0.29) is 6.04 Å². The molecule has 2 rings (SSSR count). The summed E-state index contributed by atoms with van der Waals surface area (Å²) in [4.78, 5) is 4.43. The molecule has 1 aromatic heterocycles. The molecule has 1 unspecified atom stereocenters. The van der Waals surface area contributed by atoms with Gasteiger partial charge in [-0.2, -0.15) is 0 Å². The van der Waals surface area contributed by atoms with E-state index in [1.807, 2.05) is 14.0 Å². The van der Waals surface area contributed by atoms with Crippen LogP contribution in [0.3, 0.4) is 0 Å². The Kier molecular flexibility index (Phi) is 4.07. The van der Waals surface area contributed by atoms with Crippen molar-refractivity contribution in [1.82, 2.24) is 10.3 Å². The van der Waals surface area contributed by atoms with Gasteiger partial charge in [0.1, 0.15) is 16.1 Å². The minimum absolute atomic E-state index is 0.175. The lowest BCUT2D eigenvalue weighted by molar-refractivity contribution is 0.399. The first-order valence-electron chi connectivity index (χ1n) is 6.32. The molecule has 5 nitrogen and oxygen atoms in total. The van der Waals surface area contributed by atoms with E-state index in [0.29, 0.717) is 17.4 Å². The van der Waals surface area contributed by atoms with Crippen molar-refractivity contribution in [2.45, 2.75) is 32.2 Å². The average molecular weight is 272 g/mol. The van der Waals surface area contributed by atoms with E-state index in [0.717, 1.165) is 30.8 Å². The number of hydrogen-bond donors (Lipinski definition) is 1. The van der Waals surface area contributed by atoms with Gasteiger partial charge in [0.2, 0.25) is 0 Å². The maximum Gasteiger partial charge on any atom is 0.194 e. The largest absolute Gasteiger partial charge is 0.449 e. The van der Waals surface area contributed by atoms with Crippen LogP contribution in [-0.4, -0.2) is 32.0 Å². The SMILES string of the molecule is CNC(C)c1coc(CC2CCS(=O)(=O)CC2)n1. The fraction of sp³-hybridized carbons (Fsp3) is 0.750. The van der Waals surface area contributed by atoms with E-state index in [1.165, 1.54) is 0 Å². The summed E-state index contributed by atoms with van der Waals surface area (Å²) in [5.41, 5.74) is 0.899. The van der Waals surface area contributed by atoms with E-state index in [2.05, 4.69) is 10.3 Å². The molecule has 0 radical (unpaired) electrons. The molecule has 1 aliphatic rings. The minimum atomic E-state index is -2.78. The summed E-state index contributed by atoms with van der Waals surface area (Å²) in [6, 6.07) is 0.175. The van der Waals surface area contributed by atoms with Crippen LogP contribution in [0.2, 0.25) is 0 Å². The molecule has 0 aromatic carbocycles. The molecular weight excluding hydrogens is 252 g/mol. The number of aromatic nitrogens is 1. The van der Waals surface area contributed by atoms with E-state index in [1.54, 1.807) is 6.26 Å². The van der Waals surface area contributed by atoms with Crippen LogP contribution < -0.4 is 5.32 Å². The van der Waals surface area contributed by atoms with Gasteiger partial charge in [-0.25, -0.2) is 13.4 Å². The summed E-state index contributed by atoms with van der Waals surface area (Å²) in [7, 11) is -0.901. The fourth-order valence-electron chi connectivity index (χ4n) is 2.16. The van der Waals surface area contributed by atoms with Gasteiger partial charge in [0, 0.05) is 12.5 Å². The molecule has 1 saturated heterocycles. The van der Waals surface area contributed by atoms with Crippen molar-refractivity contribution in [2.75, 3.05) is 18.6 Å². The van der Waals surface area contributed by atoms with Crippen LogP contribution in [0, 0.1) is 5.92 Å². The van der Waals surface area contributed by atoms with Gasteiger partial charge >= 0.3 is 0 Å². The molecule has 1 N–H and O–H groups in total. The highest BCUT2D eigenvalue weighted by atomic mass is 32.2. The Bertz CT molecular complexity index is 481. The smallest absolute Gasteiger partial charge is 0.194 e. The van der Waals surface area contributed by atoms with Crippen LogP contribution in [-0.2, 0) is 16.3 Å². The topological polar surface area (TPSA) is 72.2 Å². The molecule has 0 amide bonds. The number of nitrogens with one attached hydrogen (secondary N) is 1. The highest BCUT2D eigenvalue weighted by Crippen LogP contribution is 2.23. The van der Waals surface area contributed by atoms with Crippen molar-refractivity contribution in [3.05, 3.63) is 17.8 Å². The number of nitrogens with zero attached hydrogens (tertiary/aromatic N) is 1.